The lowest BCUT2D eigenvalue weighted by Crippen LogP contribution is -2.39. The van der Waals surface area contributed by atoms with Gasteiger partial charge in [0.25, 0.3) is 0 Å². The van der Waals surface area contributed by atoms with E-state index in [4.69, 9.17) is 14.5 Å². The Morgan fingerprint density at radius 1 is 1.13 bits per heavy atom. The fourth-order valence-electron chi connectivity index (χ4n) is 3.56. The summed E-state index contributed by atoms with van der Waals surface area (Å²) in [6.45, 7) is 5.75. The van der Waals surface area contributed by atoms with Crippen molar-refractivity contribution in [3.8, 4) is 11.5 Å². The van der Waals surface area contributed by atoms with Gasteiger partial charge in [0.2, 0.25) is 0 Å². The van der Waals surface area contributed by atoms with Gasteiger partial charge in [-0.2, -0.15) is 0 Å². The molecule has 1 saturated heterocycles. The van der Waals surface area contributed by atoms with Crippen LogP contribution < -0.4 is 15.4 Å². The maximum atomic E-state index is 13.0. The van der Waals surface area contributed by atoms with Gasteiger partial charge in [0.15, 0.2) is 5.96 Å². The highest BCUT2D eigenvalue weighted by molar-refractivity contribution is 5.79. The first kappa shape index (κ1) is 23.0. The Hall–Kier alpha value is -2.64. The number of benzene rings is 2. The summed E-state index contributed by atoms with van der Waals surface area (Å²) in [5.74, 6) is 1.82. The molecule has 0 saturated carbocycles. The summed E-state index contributed by atoms with van der Waals surface area (Å²) in [5, 5.41) is 16.0. The molecule has 1 aliphatic rings. The number of nitrogens with zero attached hydrogens (tertiary/aromatic N) is 1. The predicted octanol–water partition coefficient (Wildman–Crippen LogP) is 3.50. The van der Waals surface area contributed by atoms with Crippen molar-refractivity contribution in [2.45, 2.75) is 26.2 Å². The molecule has 0 aromatic heterocycles. The van der Waals surface area contributed by atoms with E-state index in [1.54, 1.807) is 12.1 Å². The Bertz CT molecular complexity index is 819. The molecule has 1 unspecified atom stereocenters. The van der Waals surface area contributed by atoms with E-state index in [0.29, 0.717) is 31.1 Å². The van der Waals surface area contributed by atoms with Gasteiger partial charge in [-0.3, -0.25) is 4.99 Å². The van der Waals surface area contributed by atoms with Crippen LogP contribution in [0, 0.1) is 11.2 Å². The molecule has 0 bridgehead atoms. The highest BCUT2D eigenvalue weighted by Crippen LogP contribution is 2.32. The summed E-state index contributed by atoms with van der Waals surface area (Å²) >= 11 is 0. The standard InChI is InChI=1S/C24H32FN3O3/c1-2-26-23(28-17-24(12-15-29)13-16-30-18-24)27-14-11-19-3-7-21(8-4-19)31-22-9-5-20(25)6-10-22/h3-10,29H,2,11-18H2,1H3,(H2,26,27,28). The van der Waals surface area contributed by atoms with E-state index in [0.717, 1.165) is 38.5 Å². The molecule has 1 heterocycles. The van der Waals surface area contributed by atoms with Crippen LogP contribution in [0.1, 0.15) is 25.3 Å². The van der Waals surface area contributed by atoms with Crippen molar-refractivity contribution in [2.24, 2.45) is 10.4 Å². The quantitative estimate of drug-likeness (QED) is 0.398. The summed E-state index contributed by atoms with van der Waals surface area (Å²) in [6.07, 6.45) is 2.48. The molecule has 7 heteroatoms. The predicted molar refractivity (Wildman–Crippen MR) is 120 cm³/mol. The van der Waals surface area contributed by atoms with Crippen LogP contribution >= 0.6 is 0 Å². The van der Waals surface area contributed by atoms with Gasteiger partial charge in [-0.15, -0.1) is 0 Å². The highest BCUT2D eigenvalue weighted by Gasteiger charge is 2.34. The summed E-state index contributed by atoms with van der Waals surface area (Å²) < 4.78 is 24.3. The summed E-state index contributed by atoms with van der Waals surface area (Å²) in [7, 11) is 0. The van der Waals surface area contributed by atoms with Crippen LogP contribution in [-0.4, -0.2) is 50.5 Å². The molecule has 3 N–H and O–H groups in total. The fourth-order valence-corrected chi connectivity index (χ4v) is 3.56. The van der Waals surface area contributed by atoms with Crippen LogP contribution in [0.4, 0.5) is 4.39 Å². The molecule has 2 aromatic carbocycles. The second-order valence-corrected chi connectivity index (χ2v) is 7.85. The van der Waals surface area contributed by atoms with Gasteiger partial charge in [0, 0.05) is 31.7 Å². The van der Waals surface area contributed by atoms with E-state index in [1.165, 1.54) is 17.7 Å². The van der Waals surface area contributed by atoms with Gasteiger partial charge >= 0.3 is 0 Å². The zero-order valence-electron chi connectivity index (χ0n) is 18.1. The molecule has 1 fully saturated rings. The van der Waals surface area contributed by atoms with Crippen molar-refractivity contribution in [1.82, 2.24) is 10.6 Å². The van der Waals surface area contributed by atoms with E-state index in [1.807, 2.05) is 31.2 Å². The van der Waals surface area contributed by atoms with Gasteiger partial charge in [0.1, 0.15) is 17.3 Å². The molecule has 0 spiro atoms. The number of rotatable bonds is 10. The van der Waals surface area contributed by atoms with E-state index in [-0.39, 0.29) is 17.8 Å². The normalized spacial score (nSPS) is 18.7. The number of aliphatic hydroxyl groups is 1. The van der Waals surface area contributed by atoms with Crippen LogP contribution in [0.2, 0.25) is 0 Å². The molecule has 0 aliphatic carbocycles. The first-order valence-electron chi connectivity index (χ1n) is 10.9. The Morgan fingerprint density at radius 2 is 1.84 bits per heavy atom. The Labute approximate surface area is 183 Å². The van der Waals surface area contributed by atoms with E-state index < -0.39 is 0 Å². The van der Waals surface area contributed by atoms with Gasteiger partial charge in [-0.25, -0.2) is 4.39 Å². The summed E-state index contributed by atoms with van der Waals surface area (Å²) in [6, 6.07) is 13.9. The monoisotopic (exact) mass is 429 g/mol. The van der Waals surface area contributed by atoms with E-state index >= 15 is 0 Å². The SMILES string of the molecule is CCNC(=NCC1(CCO)CCOC1)NCCc1ccc(Oc2ccc(F)cc2)cc1. The number of aliphatic imine (C=N–C) groups is 1. The highest BCUT2D eigenvalue weighted by atomic mass is 19.1. The lowest BCUT2D eigenvalue weighted by molar-refractivity contribution is 0.131. The van der Waals surface area contributed by atoms with Crippen molar-refractivity contribution in [2.75, 3.05) is 39.5 Å². The molecule has 1 aliphatic heterocycles. The molecule has 2 aromatic rings. The number of hydrogen-bond donors (Lipinski definition) is 3. The summed E-state index contributed by atoms with van der Waals surface area (Å²) in [5.41, 5.74) is 1.12. The van der Waals surface area contributed by atoms with Gasteiger partial charge in [-0.1, -0.05) is 12.1 Å². The maximum Gasteiger partial charge on any atom is 0.191 e. The third-order valence-electron chi connectivity index (χ3n) is 5.42. The smallest absolute Gasteiger partial charge is 0.191 e. The molecule has 3 rings (SSSR count). The molecular weight excluding hydrogens is 397 g/mol. The molecule has 168 valence electrons. The van der Waals surface area contributed by atoms with Gasteiger partial charge in [0.05, 0.1) is 13.2 Å². The Kier molecular flexibility index (Phi) is 8.67. The van der Waals surface area contributed by atoms with E-state index in [9.17, 15) is 9.50 Å². The van der Waals surface area contributed by atoms with Crippen LogP contribution in [0.5, 0.6) is 11.5 Å². The zero-order valence-corrected chi connectivity index (χ0v) is 18.1. The first-order valence-corrected chi connectivity index (χ1v) is 10.9. The van der Waals surface area contributed by atoms with Crippen LogP contribution in [0.15, 0.2) is 53.5 Å². The fraction of sp³-hybridized carbons (Fsp3) is 0.458. The number of nitrogens with one attached hydrogen (secondary N) is 2. The minimum atomic E-state index is -0.282. The van der Waals surface area contributed by atoms with Crippen molar-refractivity contribution in [3.63, 3.8) is 0 Å². The Morgan fingerprint density at radius 3 is 2.45 bits per heavy atom. The lowest BCUT2D eigenvalue weighted by Gasteiger charge is -2.24. The van der Waals surface area contributed by atoms with Crippen LogP contribution in [-0.2, 0) is 11.2 Å². The zero-order chi connectivity index (χ0) is 21.9. The molecule has 0 radical (unpaired) electrons. The minimum Gasteiger partial charge on any atom is -0.457 e. The van der Waals surface area contributed by atoms with Crippen LogP contribution in [0.3, 0.4) is 0 Å². The second-order valence-electron chi connectivity index (χ2n) is 7.85. The largest absolute Gasteiger partial charge is 0.457 e. The minimum absolute atomic E-state index is 0.0581. The average molecular weight is 430 g/mol. The second kappa shape index (κ2) is 11.7. The third kappa shape index (κ3) is 7.22. The van der Waals surface area contributed by atoms with Crippen molar-refractivity contribution < 1.29 is 19.0 Å². The van der Waals surface area contributed by atoms with Crippen molar-refractivity contribution >= 4 is 5.96 Å². The molecule has 6 nitrogen and oxygen atoms in total. The topological polar surface area (TPSA) is 75.1 Å². The number of guanidine groups is 1. The van der Waals surface area contributed by atoms with Crippen molar-refractivity contribution in [1.29, 1.82) is 0 Å². The van der Waals surface area contributed by atoms with Crippen molar-refractivity contribution in [3.05, 3.63) is 59.9 Å². The lowest BCUT2D eigenvalue weighted by atomic mass is 9.84. The van der Waals surface area contributed by atoms with Gasteiger partial charge < -0.3 is 25.2 Å². The average Bonchev–Trinajstić information content (AvgIpc) is 3.24. The molecular formula is C24H32FN3O3. The number of ether oxygens (including phenoxy) is 2. The molecule has 0 amide bonds. The molecule has 31 heavy (non-hydrogen) atoms. The van der Waals surface area contributed by atoms with E-state index in [2.05, 4.69) is 10.6 Å². The van der Waals surface area contributed by atoms with Crippen LogP contribution in [0.25, 0.3) is 0 Å². The maximum absolute atomic E-state index is 13.0. The van der Waals surface area contributed by atoms with Gasteiger partial charge in [-0.05, 0) is 68.1 Å². The number of hydrogen-bond acceptors (Lipinski definition) is 4. The third-order valence-corrected chi connectivity index (χ3v) is 5.42. The number of aliphatic hydroxyl groups excluding tert-OH is 1. The summed E-state index contributed by atoms with van der Waals surface area (Å²) in [4.78, 5) is 4.74. The first-order chi connectivity index (χ1) is 15.1. The molecule has 1 atom stereocenters. The Balaban J connectivity index is 1.49. The number of halogens is 1.